The fraction of sp³-hybridized carbons (Fsp3) is 0.435. The Labute approximate surface area is 161 Å². The molecule has 2 heterocycles. The number of para-hydroxylation sites is 1. The van der Waals surface area contributed by atoms with Crippen molar-refractivity contribution in [3.63, 3.8) is 0 Å². The Hall–Kier alpha value is -2.33. The van der Waals surface area contributed by atoms with E-state index in [1.165, 1.54) is 12.8 Å². The predicted octanol–water partition coefficient (Wildman–Crippen LogP) is 4.92. The molecule has 0 radical (unpaired) electrons. The van der Waals surface area contributed by atoms with E-state index in [1.807, 2.05) is 54.6 Å². The second kappa shape index (κ2) is 7.35. The van der Waals surface area contributed by atoms with Crippen molar-refractivity contribution in [3.05, 3.63) is 54.6 Å². The molecule has 2 unspecified atom stereocenters. The summed E-state index contributed by atoms with van der Waals surface area (Å²) in [6.07, 6.45) is 4.59. The molecule has 4 rings (SSSR count). The van der Waals surface area contributed by atoms with Crippen molar-refractivity contribution < 1.29 is 14.0 Å². The van der Waals surface area contributed by atoms with Crippen LogP contribution in [0.4, 0.5) is 10.5 Å². The summed E-state index contributed by atoms with van der Waals surface area (Å²) in [6, 6.07) is 19.4. The predicted molar refractivity (Wildman–Crippen MR) is 108 cm³/mol. The molecule has 2 aliphatic heterocycles. The standard InChI is InChI=1S/C23H28N2O2/c1-25(2)19-12-13-20(25)15-17(14-19)16-27-23(26)24-22-11-7-6-10-21(22)18-8-4-3-5-9-18/h3-11,17,19-20H,12-16H2,1-2H3/p+1. The van der Waals surface area contributed by atoms with Crippen molar-refractivity contribution in [3.8, 4) is 11.1 Å². The lowest BCUT2D eigenvalue weighted by atomic mass is 9.90. The Morgan fingerprint density at radius 3 is 2.33 bits per heavy atom. The molecular weight excluding hydrogens is 336 g/mol. The van der Waals surface area contributed by atoms with Crippen LogP contribution in [0.15, 0.2) is 54.6 Å². The number of fused-ring (bicyclic) bond motifs is 2. The molecule has 2 aromatic rings. The maximum atomic E-state index is 12.4. The molecule has 4 heteroatoms. The molecule has 0 aliphatic carbocycles. The third kappa shape index (κ3) is 3.72. The first-order valence-electron chi connectivity index (χ1n) is 9.95. The molecule has 2 saturated heterocycles. The minimum atomic E-state index is -0.356. The number of benzene rings is 2. The first-order valence-corrected chi connectivity index (χ1v) is 9.95. The zero-order valence-corrected chi connectivity index (χ0v) is 16.2. The average molecular weight is 365 g/mol. The van der Waals surface area contributed by atoms with E-state index in [1.54, 1.807) is 0 Å². The molecule has 27 heavy (non-hydrogen) atoms. The van der Waals surface area contributed by atoms with Crippen LogP contribution in [0.1, 0.15) is 25.7 Å². The van der Waals surface area contributed by atoms with E-state index in [-0.39, 0.29) is 6.09 Å². The number of nitrogens with zero attached hydrogens (tertiary/aromatic N) is 1. The Kier molecular flexibility index (Phi) is 4.92. The van der Waals surface area contributed by atoms with Gasteiger partial charge in [0.15, 0.2) is 0 Å². The van der Waals surface area contributed by atoms with Gasteiger partial charge in [0.05, 0.1) is 38.5 Å². The monoisotopic (exact) mass is 365 g/mol. The van der Waals surface area contributed by atoms with Crippen molar-refractivity contribution in [2.24, 2.45) is 5.92 Å². The third-order valence-corrected chi connectivity index (χ3v) is 6.62. The number of rotatable bonds is 4. The molecular formula is C23H29N2O2+. The maximum Gasteiger partial charge on any atom is 0.411 e. The number of nitrogens with one attached hydrogen (secondary N) is 1. The van der Waals surface area contributed by atoms with Crippen LogP contribution in [0.2, 0.25) is 0 Å². The molecule has 2 aromatic carbocycles. The third-order valence-electron chi connectivity index (χ3n) is 6.62. The van der Waals surface area contributed by atoms with Crippen LogP contribution in [-0.4, -0.2) is 43.4 Å². The number of piperidine rings is 1. The Morgan fingerprint density at radius 1 is 1.00 bits per heavy atom. The summed E-state index contributed by atoms with van der Waals surface area (Å²) in [5.41, 5.74) is 2.87. The topological polar surface area (TPSA) is 38.3 Å². The molecule has 2 aliphatic rings. The molecule has 0 aromatic heterocycles. The van der Waals surface area contributed by atoms with Gasteiger partial charge in [-0.15, -0.1) is 0 Å². The van der Waals surface area contributed by atoms with Gasteiger partial charge in [-0.1, -0.05) is 48.5 Å². The van der Waals surface area contributed by atoms with Gasteiger partial charge >= 0.3 is 6.09 Å². The van der Waals surface area contributed by atoms with E-state index in [0.29, 0.717) is 12.5 Å². The van der Waals surface area contributed by atoms with Gasteiger partial charge in [0, 0.05) is 37.2 Å². The van der Waals surface area contributed by atoms with Gasteiger partial charge in [-0.2, -0.15) is 0 Å². The van der Waals surface area contributed by atoms with Gasteiger partial charge in [-0.25, -0.2) is 4.79 Å². The number of hydrogen-bond acceptors (Lipinski definition) is 2. The van der Waals surface area contributed by atoms with Crippen LogP contribution < -0.4 is 5.32 Å². The minimum Gasteiger partial charge on any atom is -0.449 e. The summed E-state index contributed by atoms with van der Waals surface area (Å²) in [5.74, 6) is 0.490. The second-order valence-electron chi connectivity index (χ2n) is 8.49. The van der Waals surface area contributed by atoms with Crippen LogP contribution in [0, 0.1) is 5.92 Å². The Balaban J connectivity index is 1.36. The van der Waals surface area contributed by atoms with Crippen LogP contribution in [-0.2, 0) is 4.74 Å². The number of anilines is 1. The highest BCUT2D eigenvalue weighted by Crippen LogP contribution is 2.42. The normalized spacial score (nSPS) is 25.8. The Bertz CT molecular complexity index is 787. The van der Waals surface area contributed by atoms with Gasteiger partial charge in [-0.3, -0.25) is 5.32 Å². The minimum absolute atomic E-state index is 0.356. The number of carbonyl (C=O) groups is 1. The highest BCUT2D eigenvalue weighted by molar-refractivity contribution is 5.91. The van der Waals surface area contributed by atoms with Crippen molar-refractivity contribution in [1.82, 2.24) is 0 Å². The van der Waals surface area contributed by atoms with Crippen LogP contribution in [0.5, 0.6) is 0 Å². The summed E-state index contributed by atoms with van der Waals surface area (Å²) in [7, 11) is 4.71. The lowest BCUT2D eigenvalue weighted by Gasteiger charge is -2.44. The van der Waals surface area contributed by atoms with Crippen LogP contribution >= 0.6 is 0 Å². The number of quaternary nitrogens is 1. The first kappa shape index (κ1) is 18.1. The highest BCUT2D eigenvalue weighted by atomic mass is 16.5. The van der Waals surface area contributed by atoms with Gasteiger partial charge < -0.3 is 9.22 Å². The molecule has 2 bridgehead atoms. The molecule has 2 atom stereocenters. The van der Waals surface area contributed by atoms with Crippen molar-refractivity contribution in [2.75, 3.05) is 26.0 Å². The number of ether oxygens (including phenoxy) is 1. The van der Waals surface area contributed by atoms with E-state index in [0.717, 1.165) is 46.2 Å². The number of amides is 1. The molecule has 1 amide bonds. The molecule has 4 nitrogen and oxygen atoms in total. The fourth-order valence-corrected chi connectivity index (χ4v) is 4.93. The van der Waals surface area contributed by atoms with E-state index in [4.69, 9.17) is 4.74 Å². The van der Waals surface area contributed by atoms with Crippen molar-refractivity contribution >= 4 is 11.8 Å². The highest BCUT2D eigenvalue weighted by Gasteiger charge is 2.48. The molecule has 142 valence electrons. The fourth-order valence-electron chi connectivity index (χ4n) is 4.93. The number of carbonyl (C=O) groups excluding carboxylic acids is 1. The summed E-state index contributed by atoms with van der Waals surface area (Å²) < 4.78 is 6.76. The zero-order chi connectivity index (χ0) is 18.9. The Morgan fingerprint density at radius 2 is 1.63 bits per heavy atom. The van der Waals surface area contributed by atoms with Crippen molar-refractivity contribution in [2.45, 2.75) is 37.8 Å². The SMILES string of the molecule is C[N+]1(C)C2CCC1CC(COC(=O)Nc1ccccc1-c1ccccc1)C2. The molecule has 2 fully saturated rings. The summed E-state index contributed by atoms with van der Waals surface area (Å²) in [4.78, 5) is 12.4. The summed E-state index contributed by atoms with van der Waals surface area (Å²) >= 11 is 0. The lowest BCUT2D eigenvalue weighted by molar-refractivity contribution is -0.931. The zero-order valence-electron chi connectivity index (χ0n) is 16.2. The smallest absolute Gasteiger partial charge is 0.411 e. The second-order valence-corrected chi connectivity index (χ2v) is 8.49. The molecule has 1 N–H and O–H groups in total. The first-order chi connectivity index (χ1) is 13.0. The van der Waals surface area contributed by atoms with Crippen LogP contribution in [0.3, 0.4) is 0 Å². The van der Waals surface area contributed by atoms with Gasteiger partial charge in [0.2, 0.25) is 0 Å². The van der Waals surface area contributed by atoms with Crippen molar-refractivity contribution in [1.29, 1.82) is 0 Å². The lowest BCUT2D eigenvalue weighted by Crippen LogP contribution is -2.55. The summed E-state index contributed by atoms with van der Waals surface area (Å²) in [6.45, 7) is 0.520. The summed E-state index contributed by atoms with van der Waals surface area (Å²) in [5, 5.41) is 2.94. The quantitative estimate of drug-likeness (QED) is 0.781. The van der Waals surface area contributed by atoms with Crippen LogP contribution in [0.25, 0.3) is 11.1 Å². The van der Waals surface area contributed by atoms with E-state index >= 15 is 0 Å². The van der Waals surface area contributed by atoms with E-state index in [9.17, 15) is 4.79 Å². The maximum absolute atomic E-state index is 12.4. The molecule has 0 saturated carbocycles. The average Bonchev–Trinajstić information content (AvgIpc) is 2.85. The van der Waals surface area contributed by atoms with Gasteiger partial charge in [-0.05, 0) is 11.6 Å². The van der Waals surface area contributed by atoms with Gasteiger partial charge in [0.1, 0.15) is 0 Å². The van der Waals surface area contributed by atoms with Gasteiger partial charge in [0.25, 0.3) is 0 Å². The van der Waals surface area contributed by atoms with E-state index in [2.05, 4.69) is 19.4 Å². The number of hydrogen-bond donors (Lipinski definition) is 1. The molecule has 0 spiro atoms. The van der Waals surface area contributed by atoms with E-state index < -0.39 is 0 Å². The largest absolute Gasteiger partial charge is 0.449 e.